The van der Waals surface area contributed by atoms with Gasteiger partial charge in [-0.3, -0.25) is 9.79 Å². The summed E-state index contributed by atoms with van der Waals surface area (Å²) >= 11 is 0. The van der Waals surface area contributed by atoms with Crippen LogP contribution < -0.4 is 10.6 Å². The molecule has 0 spiro atoms. The quantitative estimate of drug-likeness (QED) is 0.468. The van der Waals surface area contributed by atoms with Gasteiger partial charge in [-0.15, -0.1) is 24.0 Å². The third kappa shape index (κ3) is 5.77. The van der Waals surface area contributed by atoms with Crippen LogP contribution in [0.15, 0.2) is 29.3 Å². The van der Waals surface area contributed by atoms with Gasteiger partial charge in [-0.2, -0.15) is 0 Å². The third-order valence-corrected chi connectivity index (χ3v) is 2.63. The van der Waals surface area contributed by atoms with Crippen molar-refractivity contribution in [2.75, 3.05) is 27.7 Å². The Hall–Kier alpha value is -1.31. The minimum absolute atomic E-state index is 0. The molecule has 1 aromatic rings. The highest BCUT2D eigenvalue weighted by Gasteiger charge is 2.07. The molecule has 2 N–H and O–H groups in total. The lowest BCUT2D eigenvalue weighted by Gasteiger charge is -2.12. The first-order chi connectivity index (χ1) is 9.08. The summed E-state index contributed by atoms with van der Waals surface area (Å²) in [4.78, 5) is 17.4. The molecule has 5 nitrogen and oxygen atoms in total. The lowest BCUT2D eigenvalue weighted by Crippen LogP contribution is -2.36. The fourth-order valence-electron chi connectivity index (χ4n) is 1.60. The summed E-state index contributed by atoms with van der Waals surface area (Å²) in [7, 11) is 5.24. The van der Waals surface area contributed by atoms with Crippen molar-refractivity contribution in [1.82, 2.24) is 15.5 Å². The number of nitrogens with one attached hydrogen (secondary N) is 2. The highest BCUT2D eigenvalue weighted by Crippen LogP contribution is 2.06. The molecule has 20 heavy (non-hydrogen) atoms. The summed E-state index contributed by atoms with van der Waals surface area (Å²) in [6.07, 6.45) is 0. The monoisotopic (exact) mass is 390 g/mol. The van der Waals surface area contributed by atoms with E-state index in [0.29, 0.717) is 12.1 Å². The molecule has 0 radical (unpaired) electrons. The summed E-state index contributed by atoms with van der Waals surface area (Å²) in [5.74, 6) is 0.791. The number of hydrogen-bond acceptors (Lipinski definition) is 2. The average Bonchev–Trinajstić information content (AvgIpc) is 2.43. The molecule has 1 amide bonds. The zero-order chi connectivity index (χ0) is 14.3. The lowest BCUT2D eigenvalue weighted by molar-refractivity contribution is 0.0827. The normalized spacial score (nSPS) is 10.5. The number of halogens is 1. The van der Waals surface area contributed by atoms with E-state index >= 15 is 0 Å². The molecule has 0 saturated heterocycles. The van der Waals surface area contributed by atoms with Gasteiger partial charge in [-0.25, -0.2) is 0 Å². The predicted octanol–water partition coefficient (Wildman–Crippen LogP) is 1.69. The van der Waals surface area contributed by atoms with Gasteiger partial charge in [0.2, 0.25) is 0 Å². The second-order valence-corrected chi connectivity index (χ2v) is 4.35. The van der Waals surface area contributed by atoms with Crippen LogP contribution in [0.25, 0.3) is 0 Å². The van der Waals surface area contributed by atoms with Gasteiger partial charge in [0.05, 0.1) is 0 Å². The van der Waals surface area contributed by atoms with Crippen LogP contribution in [-0.4, -0.2) is 44.5 Å². The maximum absolute atomic E-state index is 11.7. The van der Waals surface area contributed by atoms with Crippen molar-refractivity contribution in [2.45, 2.75) is 13.5 Å². The summed E-state index contributed by atoms with van der Waals surface area (Å²) in [6, 6.07) is 7.58. The van der Waals surface area contributed by atoms with Gasteiger partial charge < -0.3 is 15.5 Å². The molecule has 0 atom stereocenters. The van der Waals surface area contributed by atoms with E-state index in [1.165, 1.54) is 0 Å². The number of amides is 1. The number of nitrogens with zero attached hydrogens (tertiary/aromatic N) is 2. The fraction of sp³-hybridized carbons (Fsp3) is 0.429. The van der Waals surface area contributed by atoms with E-state index in [2.05, 4.69) is 15.6 Å². The Balaban J connectivity index is 0.00000361. The van der Waals surface area contributed by atoms with Crippen LogP contribution in [0.4, 0.5) is 0 Å². The Morgan fingerprint density at radius 2 is 1.80 bits per heavy atom. The van der Waals surface area contributed by atoms with Gasteiger partial charge in [-0.05, 0) is 24.6 Å². The molecule has 112 valence electrons. The van der Waals surface area contributed by atoms with E-state index in [4.69, 9.17) is 0 Å². The fourth-order valence-corrected chi connectivity index (χ4v) is 1.60. The molecular weight excluding hydrogens is 367 g/mol. The van der Waals surface area contributed by atoms with Crippen molar-refractivity contribution >= 4 is 35.8 Å². The molecule has 0 bridgehead atoms. The van der Waals surface area contributed by atoms with E-state index < -0.39 is 0 Å². The Labute approximate surface area is 137 Å². The molecule has 0 fully saturated rings. The van der Waals surface area contributed by atoms with Crippen molar-refractivity contribution in [3.63, 3.8) is 0 Å². The molecule has 1 rings (SSSR count). The number of aliphatic imine (C=N–C) groups is 1. The number of benzene rings is 1. The first kappa shape index (κ1) is 18.7. The van der Waals surface area contributed by atoms with Crippen LogP contribution >= 0.6 is 24.0 Å². The Bertz CT molecular complexity index is 443. The van der Waals surface area contributed by atoms with Crippen molar-refractivity contribution < 1.29 is 4.79 Å². The highest BCUT2D eigenvalue weighted by atomic mass is 127. The van der Waals surface area contributed by atoms with Crippen LogP contribution in [0.3, 0.4) is 0 Å². The van der Waals surface area contributed by atoms with Gasteiger partial charge in [0.25, 0.3) is 5.91 Å². The lowest BCUT2D eigenvalue weighted by atomic mass is 10.1. The molecular formula is C14H23IN4O. The first-order valence-corrected chi connectivity index (χ1v) is 6.33. The van der Waals surface area contributed by atoms with Crippen molar-refractivity contribution in [1.29, 1.82) is 0 Å². The Morgan fingerprint density at radius 3 is 2.25 bits per heavy atom. The van der Waals surface area contributed by atoms with E-state index in [0.717, 1.165) is 18.1 Å². The summed E-state index contributed by atoms with van der Waals surface area (Å²) < 4.78 is 0. The maximum Gasteiger partial charge on any atom is 0.253 e. The minimum atomic E-state index is 0. The molecule has 0 aromatic heterocycles. The van der Waals surface area contributed by atoms with Gasteiger partial charge in [0.15, 0.2) is 5.96 Å². The SMILES string of the molecule is CCNC(=NC)NCc1ccc(C(=O)N(C)C)cc1.I. The predicted molar refractivity (Wildman–Crippen MR) is 93.7 cm³/mol. The van der Waals surface area contributed by atoms with Crippen molar-refractivity contribution in [2.24, 2.45) is 4.99 Å². The van der Waals surface area contributed by atoms with Crippen LogP contribution in [0.2, 0.25) is 0 Å². The van der Waals surface area contributed by atoms with E-state index in [9.17, 15) is 4.79 Å². The minimum Gasteiger partial charge on any atom is -0.357 e. The summed E-state index contributed by atoms with van der Waals surface area (Å²) in [6.45, 7) is 3.53. The molecule has 0 heterocycles. The van der Waals surface area contributed by atoms with E-state index in [1.54, 1.807) is 26.0 Å². The van der Waals surface area contributed by atoms with E-state index in [1.807, 2.05) is 31.2 Å². The second kappa shape index (κ2) is 9.57. The van der Waals surface area contributed by atoms with Gasteiger partial charge in [-0.1, -0.05) is 12.1 Å². The molecule has 0 aliphatic rings. The van der Waals surface area contributed by atoms with Gasteiger partial charge in [0, 0.05) is 39.8 Å². The first-order valence-electron chi connectivity index (χ1n) is 6.33. The van der Waals surface area contributed by atoms with E-state index in [-0.39, 0.29) is 29.9 Å². The standard InChI is InChI=1S/C14H22N4O.HI/c1-5-16-14(15-2)17-10-11-6-8-12(9-7-11)13(19)18(3)4;/h6-9H,5,10H2,1-4H3,(H2,15,16,17);1H. The molecule has 0 aliphatic carbocycles. The summed E-state index contributed by atoms with van der Waals surface area (Å²) in [5, 5.41) is 6.33. The van der Waals surface area contributed by atoms with Crippen LogP contribution in [0, 0.1) is 0 Å². The topological polar surface area (TPSA) is 56.7 Å². The molecule has 0 unspecified atom stereocenters. The molecule has 0 saturated carbocycles. The van der Waals surface area contributed by atoms with Gasteiger partial charge in [0.1, 0.15) is 0 Å². The number of hydrogen-bond donors (Lipinski definition) is 2. The van der Waals surface area contributed by atoms with Crippen molar-refractivity contribution in [3.05, 3.63) is 35.4 Å². The molecule has 6 heteroatoms. The number of rotatable bonds is 4. The second-order valence-electron chi connectivity index (χ2n) is 4.35. The molecule has 1 aromatic carbocycles. The summed E-state index contributed by atoms with van der Waals surface area (Å²) in [5.41, 5.74) is 1.80. The third-order valence-electron chi connectivity index (χ3n) is 2.63. The number of carbonyl (C=O) groups excluding carboxylic acids is 1. The molecule has 0 aliphatic heterocycles. The van der Waals surface area contributed by atoms with Crippen LogP contribution in [0.1, 0.15) is 22.8 Å². The van der Waals surface area contributed by atoms with Crippen LogP contribution in [0.5, 0.6) is 0 Å². The number of guanidine groups is 1. The Kier molecular flexibility index (Phi) is 8.94. The zero-order valence-electron chi connectivity index (χ0n) is 12.4. The maximum atomic E-state index is 11.7. The largest absolute Gasteiger partial charge is 0.357 e. The van der Waals surface area contributed by atoms with Crippen molar-refractivity contribution in [3.8, 4) is 0 Å². The Morgan fingerprint density at radius 1 is 1.20 bits per heavy atom. The smallest absolute Gasteiger partial charge is 0.253 e. The average molecular weight is 390 g/mol. The number of carbonyl (C=O) groups is 1. The highest BCUT2D eigenvalue weighted by molar-refractivity contribution is 14.0. The van der Waals surface area contributed by atoms with Gasteiger partial charge >= 0.3 is 0 Å². The zero-order valence-corrected chi connectivity index (χ0v) is 14.8. The van der Waals surface area contributed by atoms with Crippen LogP contribution in [-0.2, 0) is 6.54 Å².